The van der Waals surface area contributed by atoms with Gasteiger partial charge in [-0.05, 0) is 30.5 Å². The van der Waals surface area contributed by atoms with Crippen molar-refractivity contribution in [1.29, 1.82) is 0 Å². The van der Waals surface area contributed by atoms with Crippen molar-refractivity contribution in [2.24, 2.45) is 0 Å². The quantitative estimate of drug-likeness (QED) is 0.711. The van der Waals surface area contributed by atoms with Crippen molar-refractivity contribution in [3.8, 4) is 11.5 Å². The molecule has 0 N–H and O–H groups in total. The molecule has 1 rings (SSSR count). The summed E-state index contributed by atoms with van der Waals surface area (Å²) in [5, 5.41) is 0. The zero-order chi connectivity index (χ0) is 9.84. The van der Waals surface area contributed by atoms with E-state index in [9.17, 15) is 0 Å². The van der Waals surface area contributed by atoms with Gasteiger partial charge in [0, 0.05) is 0 Å². The van der Waals surface area contributed by atoms with Gasteiger partial charge in [-0.15, -0.1) is 0 Å². The van der Waals surface area contributed by atoms with Gasteiger partial charge in [-0.25, -0.2) is 0 Å². The normalized spacial score (nSPS) is 9.85. The van der Waals surface area contributed by atoms with Crippen molar-refractivity contribution in [2.45, 2.75) is 20.3 Å². The molecule has 0 spiro atoms. The van der Waals surface area contributed by atoms with Crippen LogP contribution in [0.1, 0.15) is 18.1 Å². The molecular weight excluding hydrogens is 164 g/mol. The molecule has 0 aliphatic heterocycles. The highest BCUT2D eigenvalue weighted by atomic mass is 16.5. The molecular formula is C11H16O2. The molecule has 1 aromatic rings. The zero-order valence-corrected chi connectivity index (χ0v) is 8.68. The van der Waals surface area contributed by atoms with E-state index in [1.807, 2.05) is 6.07 Å². The monoisotopic (exact) mass is 180 g/mol. The summed E-state index contributed by atoms with van der Waals surface area (Å²) in [7, 11) is 3.33. The molecule has 0 atom stereocenters. The van der Waals surface area contributed by atoms with Crippen LogP contribution in [0.2, 0.25) is 0 Å². The van der Waals surface area contributed by atoms with Crippen molar-refractivity contribution >= 4 is 0 Å². The van der Waals surface area contributed by atoms with Gasteiger partial charge in [0.25, 0.3) is 0 Å². The van der Waals surface area contributed by atoms with Gasteiger partial charge < -0.3 is 9.47 Å². The fourth-order valence-electron chi connectivity index (χ4n) is 1.51. The number of methoxy groups -OCH3 is 2. The summed E-state index contributed by atoms with van der Waals surface area (Å²) in [6.07, 6.45) is 1.02. The Balaban J connectivity index is 3.23. The minimum atomic E-state index is 0.803. The van der Waals surface area contributed by atoms with Gasteiger partial charge in [0.15, 0.2) is 11.5 Å². The number of hydrogen-bond donors (Lipinski definition) is 0. The van der Waals surface area contributed by atoms with E-state index in [0.717, 1.165) is 17.9 Å². The highest BCUT2D eigenvalue weighted by Gasteiger charge is 2.09. The van der Waals surface area contributed by atoms with E-state index in [2.05, 4.69) is 19.9 Å². The molecule has 0 heterocycles. The maximum absolute atomic E-state index is 5.28. The first-order chi connectivity index (χ1) is 6.24. The molecule has 0 aliphatic carbocycles. The molecule has 72 valence electrons. The Labute approximate surface area is 79.5 Å². The Bertz CT molecular complexity index is 292. The van der Waals surface area contributed by atoms with Crippen molar-refractivity contribution in [3.63, 3.8) is 0 Å². The van der Waals surface area contributed by atoms with E-state index in [-0.39, 0.29) is 0 Å². The lowest BCUT2D eigenvalue weighted by molar-refractivity contribution is 0.352. The zero-order valence-electron chi connectivity index (χ0n) is 8.68. The molecule has 0 aliphatic rings. The van der Waals surface area contributed by atoms with Crippen LogP contribution in [0.25, 0.3) is 0 Å². The molecule has 0 radical (unpaired) electrons. The maximum Gasteiger partial charge on any atom is 0.163 e. The van der Waals surface area contributed by atoms with Crippen molar-refractivity contribution < 1.29 is 9.47 Å². The van der Waals surface area contributed by atoms with Crippen LogP contribution >= 0.6 is 0 Å². The Morgan fingerprint density at radius 1 is 1.15 bits per heavy atom. The van der Waals surface area contributed by atoms with Crippen molar-refractivity contribution in [3.05, 3.63) is 23.3 Å². The van der Waals surface area contributed by atoms with E-state index < -0.39 is 0 Å². The second-order valence-corrected chi connectivity index (χ2v) is 2.94. The molecule has 0 amide bonds. The van der Waals surface area contributed by atoms with E-state index in [1.165, 1.54) is 11.1 Å². The highest BCUT2D eigenvalue weighted by molar-refractivity contribution is 5.50. The first kappa shape index (κ1) is 9.90. The van der Waals surface area contributed by atoms with Crippen LogP contribution in [0.3, 0.4) is 0 Å². The van der Waals surface area contributed by atoms with Crippen molar-refractivity contribution in [2.75, 3.05) is 14.2 Å². The molecule has 0 bridgehead atoms. The SMILES string of the molecule is CCc1ccc(OC)c(OC)c1C. The predicted molar refractivity (Wildman–Crippen MR) is 53.7 cm³/mol. The van der Waals surface area contributed by atoms with Gasteiger partial charge in [0.05, 0.1) is 14.2 Å². The summed E-state index contributed by atoms with van der Waals surface area (Å²) in [6.45, 7) is 4.19. The second-order valence-electron chi connectivity index (χ2n) is 2.94. The molecule has 2 heteroatoms. The van der Waals surface area contributed by atoms with Crippen LogP contribution in [0.5, 0.6) is 11.5 Å². The third-order valence-corrected chi connectivity index (χ3v) is 2.29. The molecule has 2 nitrogen and oxygen atoms in total. The molecule has 0 saturated heterocycles. The molecule has 0 fully saturated rings. The smallest absolute Gasteiger partial charge is 0.163 e. The van der Waals surface area contributed by atoms with Gasteiger partial charge in [0.1, 0.15) is 0 Å². The Kier molecular flexibility index (Phi) is 3.18. The van der Waals surface area contributed by atoms with Gasteiger partial charge in [-0.3, -0.25) is 0 Å². The van der Waals surface area contributed by atoms with E-state index in [0.29, 0.717) is 0 Å². The van der Waals surface area contributed by atoms with Gasteiger partial charge in [0.2, 0.25) is 0 Å². The van der Waals surface area contributed by atoms with Gasteiger partial charge in [-0.1, -0.05) is 13.0 Å². The molecule has 0 unspecified atom stereocenters. The largest absolute Gasteiger partial charge is 0.493 e. The average molecular weight is 180 g/mol. The first-order valence-corrected chi connectivity index (χ1v) is 4.45. The fraction of sp³-hybridized carbons (Fsp3) is 0.455. The third-order valence-electron chi connectivity index (χ3n) is 2.29. The van der Waals surface area contributed by atoms with Crippen LogP contribution in [0.4, 0.5) is 0 Å². The lowest BCUT2D eigenvalue weighted by atomic mass is 10.1. The number of ether oxygens (including phenoxy) is 2. The number of aryl methyl sites for hydroxylation is 1. The van der Waals surface area contributed by atoms with Crippen LogP contribution in [-0.2, 0) is 6.42 Å². The standard InChI is InChI=1S/C11H16O2/c1-5-9-6-7-10(12-3)11(13-4)8(9)2/h6-7H,5H2,1-4H3. The second kappa shape index (κ2) is 4.17. The Morgan fingerprint density at radius 2 is 1.85 bits per heavy atom. The summed E-state index contributed by atoms with van der Waals surface area (Å²) >= 11 is 0. The molecule has 1 aromatic carbocycles. The lowest BCUT2D eigenvalue weighted by Gasteiger charge is -2.12. The molecule has 0 aromatic heterocycles. The molecule has 0 saturated carbocycles. The van der Waals surface area contributed by atoms with Gasteiger partial charge >= 0.3 is 0 Å². The predicted octanol–water partition coefficient (Wildman–Crippen LogP) is 2.57. The number of benzene rings is 1. The maximum atomic E-state index is 5.28. The summed E-state index contributed by atoms with van der Waals surface area (Å²) in [6, 6.07) is 4.03. The average Bonchev–Trinajstić information content (AvgIpc) is 2.17. The molecule has 13 heavy (non-hydrogen) atoms. The first-order valence-electron chi connectivity index (χ1n) is 4.45. The lowest BCUT2D eigenvalue weighted by Crippen LogP contribution is -1.96. The van der Waals surface area contributed by atoms with Gasteiger partial charge in [-0.2, -0.15) is 0 Å². The minimum Gasteiger partial charge on any atom is -0.493 e. The van der Waals surface area contributed by atoms with E-state index in [1.54, 1.807) is 14.2 Å². The van der Waals surface area contributed by atoms with Crippen LogP contribution in [0, 0.1) is 6.92 Å². The summed E-state index contributed by atoms with van der Waals surface area (Å²) in [4.78, 5) is 0. The minimum absolute atomic E-state index is 0.803. The highest BCUT2D eigenvalue weighted by Crippen LogP contribution is 2.32. The Morgan fingerprint density at radius 3 is 2.31 bits per heavy atom. The third kappa shape index (κ3) is 1.77. The van der Waals surface area contributed by atoms with Crippen molar-refractivity contribution in [1.82, 2.24) is 0 Å². The number of hydrogen-bond acceptors (Lipinski definition) is 2. The van der Waals surface area contributed by atoms with Crippen LogP contribution < -0.4 is 9.47 Å². The summed E-state index contributed by atoms with van der Waals surface area (Å²) < 4.78 is 10.5. The van der Waals surface area contributed by atoms with E-state index in [4.69, 9.17) is 9.47 Å². The topological polar surface area (TPSA) is 18.5 Å². The summed E-state index contributed by atoms with van der Waals surface area (Å²) in [5.74, 6) is 1.65. The van der Waals surface area contributed by atoms with Crippen LogP contribution in [0.15, 0.2) is 12.1 Å². The fourth-order valence-corrected chi connectivity index (χ4v) is 1.51. The number of rotatable bonds is 3. The van der Waals surface area contributed by atoms with E-state index >= 15 is 0 Å². The Hall–Kier alpha value is -1.18. The summed E-state index contributed by atoms with van der Waals surface area (Å²) in [5.41, 5.74) is 2.47. The van der Waals surface area contributed by atoms with Crippen LogP contribution in [-0.4, -0.2) is 14.2 Å².